The summed E-state index contributed by atoms with van der Waals surface area (Å²) in [4.78, 5) is 28.4. The molecule has 0 saturated carbocycles. The molecule has 0 saturated heterocycles. The van der Waals surface area contributed by atoms with Crippen LogP contribution in [0, 0.1) is 6.92 Å². The predicted octanol–water partition coefficient (Wildman–Crippen LogP) is 5.84. The minimum atomic E-state index is -4.26. The van der Waals surface area contributed by atoms with Crippen LogP contribution in [0.25, 0.3) is 0 Å². The van der Waals surface area contributed by atoms with Crippen molar-refractivity contribution in [3.8, 4) is 5.75 Å². The van der Waals surface area contributed by atoms with Crippen molar-refractivity contribution in [3.05, 3.63) is 87.9 Å². The maximum atomic E-state index is 14.0. The standard InChI is InChI=1S/C30H35Cl2N3O5S/c1-5-6-17-33-30(37)22(3)34(19-23-9-11-24(31)12-10-23)29(36)20-35(27-18-25(32)13-16-28(27)40-4)41(38,39)26-14-7-21(2)8-15-26/h7-16,18,22H,5-6,17,19-20H2,1-4H3,(H,33,37). The molecular weight excluding hydrogens is 585 g/mol. The van der Waals surface area contributed by atoms with E-state index in [1.807, 2.05) is 13.8 Å². The van der Waals surface area contributed by atoms with Gasteiger partial charge in [0.25, 0.3) is 10.0 Å². The molecule has 11 heteroatoms. The first-order valence-corrected chi connectivity index (χ1v) is 15.4. The van der Waals surface area contributed by atoms with Crippen LogP contribution in [0.4, 0.5) is 5.69 Å². The highest BCUT2D eigenvalue weighted by molar-refractivity contribution is 7.92. The van der Waals surface area contributed by atoms with Gasteiger partial charge in [-0.3, -0.25) is 13.9 Å². The van der Waals surface area contributed by atoms with Crippen LogP contribution in [-0.2, 0) is 26.2 Å². The number of nitrogens with zero attached hydrogens (tertiary/aromatic N) is 2. The number of aryl methyl sites for hydroxylation is 1. The zero-order chi connectivity index (χ0) is 30.2. The highest BCUT2D eigenvalue weighted by Gasteiger charge is 2.34. The Hall–Kier alpha value is -3.27. The fourth-order valence-corrected chi connectivity index (χ4v) is 5.82. The van der Waals surface area contributed by atoms with Crippen LogP contribution in [0.2, 0.25) is 10.0 Å². The van der Waals surface area contributed by atoms with E-state index in [4.69, 9.17) is 27.9 Å². The van der Waals surface area contributed by atoms with Crippen LogP contribution in [0.15, 0.2) is 71.6 Å². The van der Waals surface area contributed by atoms with Gasteiger partial charge >= 0.3 is 0 Å². The molecule has 0 aliphatic carbocycles. The summed E-state index contributed by atoms with van der Waals surface area (Å²) in [5.74, 6) is -0.711. The van der Waals surface area contributed by atoms with Crippen LogP contribution in [-0.4, -0.2) is 51.4 Å². The molecule has 0 aromatic heterocycles. The molecule has 220 valence electrons. The molecule has 0 fully saturated rings. The molecule has 0 aliphatic heterocycles. The van der Waals surface area contributed by atoms with Crippen molar-refractivity contribution >= 4 is 50.7 Å². The van der Waals surface area contributed by atoms with Gasteiger partial charge in [-0.15, -0.1) is 0 Å². The molecule has 3 rings (SSSR count). The average molecular weight is 621 g/mol. The molecule has 0 spiro atoms. The molecule has 3 aromatic carbocycles. The lowest BCUT2D eigenvalue weighted by molar-refractivity contribution is -0.139. The molecule has 1 N–H and O–H groups in total. The number of hydrogen-bond donors (Lipinski definition) is 1. The summed E-state index contributed by atoms with van der Waals surface area (Å²) in [6, 6.07) is 16.9. The summed E-state index contributed by atoms with van der Waals surface area (Å²) in [7, 11) is -2.86. The van der Waals surface area contributed by atoms with Crippen LogP contribution < -0.4 is 14.4 Å². The van der Waals surface area contributed by atoms with Gasteiger partial charge in [0.15, 0.2) is 0 Å². The number of unbranched alkanes of at least 4 members (excludes halogenated alkanes) is 1. The van der Waals surface area contributed by atoms with E-state index >= 15 is 0 Å². The number of sulfonamides is 1. The highest BCUT2D eigenvalue weighted by atomic mass is 35.5. The largest absolute Gasteiger partial charge is 0.495 e. The van der Waals surface area contributed by atoms with E-state index in [0.29, 0.717) is 11.6 Å². The Bertz CT molecular complexity index is 1450. The average Bonchev–Trinajstić information content (AvgIpc) is 2.95. The highest BCUT2D eigenvalue weighted by Crippen LogP contribution is 2.35. The minimum Gasteiger partial charge on any atom is -0.495 e. The summed E-state index contributed by atoms with van der Waals surface area (Å²) >= 11 is 12.3. The van der Waals surface area contributed by atoms with E-state index < -0.39 is 28.5 Å². The van der Waals surface area contributed by atoms with Crippen molar-refractivity contribution in [1.29, 1.82) is 0 Å². The molecule has 0 radical (unpaired) electrons. The maximum Gasteiger partial charge on any atom is 0.264 e. The molecular formula is C30H35Cl2N3O5S. The Morgan fingerprint density at radius 1 is 0.976 bits per heavy atom. The molecule has 8 nitrogen and oxygen atoms in total. The zero-order valence-electron chi connectivity index (χ0n) is 23.6. The second-order valence-corrected chi connectivity index (χ2v) is 12.3. The molecule has 0 bridgehead atoms. The lowest BCUT2D eigenvalue weighted by atomic mass is 10.1. The number of carbonyl (C=O) groups is 2. The monoisotopic (exact) mass is 619 g/mol. The number of carbonyl (C=O) groups excluding carboxylic acids is 2. The first kappa shape index (κ1) is 32.2. The summed E-state index contributed by atoms with van der Waals surface area (Å²) < 4.78 is 34.5. The van der Waals surface area contributed by atoms with Crippen LogP contribution >= 0.6 is 23.2 Å². The van der Waals surface area contributed by atoms with Gasteiger partial charge in [-0.2, -0.15) is 0 Å². The first-order chi connectivity index (χ1) is 19.5. The van der Waals surface area contributed by atoms with Crippen molar-refractivity contribution in [2.45, 2.75) is 51.1 Å². The summed E-state index contributed by atoms with van der Waals surface area (Å²) in [6.45, 7) is 5.40. The summed E-state index contributed by atoms with van der Waals surface area (Å²) in [5, 5.41) is 3.65. The van der Waals surface area contributed by atoms with Crippen molar-refractivity contribution in [1.82, 2.24) is 10.2 Å². The molecule has 0 aliphatic rings. The van der Waals surface area contributed by atoms with E-state index in [-0.39, 0.29) is 33.8 Å². The molecule has 41 heavy (non-hydrogen) atoms. The second kappa shape index (κ2) is 14.6. The smallest absolute Gasteiger partial charge is 0.264 e. The Labute approximate surface area is 252 Å². The van der Waals surface area contributed by atoms with Gasteiger partial charge in [0.2, 0.25) is 11.8 Å². The van der Waals surface area contributed by atoms with E-state index in [2.05, 4.69) is 5.32 Å². The number of ether oxygens (including phenoxy) is 1. The molecule has 2 amide bonds. The van der Waals surface area contributed by atoms with Crippen molar-refractivity contribution in [2.75, 3.05) is 24.5 Å². The van der Waals surface area contributed by atoms with Crippen LogP contribution in [0.1, 0.15) is 37.8 Å². The van der Waals surface area contributed by atoms with Crippen molar-refractivity contribution in [3.63, 3.8) is 0 Å². The van der Waals surface area contributed by atoms with Gasteiger partial charge in [-0.05, 0) is 68.3 Å². The SMILES string of the molecule is CCCCNC(=O)C(C)N(Cc1ccc(Cl)cc1)C(=O)CN(c1cc(Cl)ccc1OC)S(=O)(=O)c1ccc(C)cc1. The first-order valence-electron chi connectivity index (χ1n) is 13.2. The number of nitrogens with one attached hydrogen (secondary N) is 1. The Morgan fingerprint density at radius 2 is 1.61 bits per heavy atom. The number of hydrogen-bond acceptors (Lipinski definition) is 5. The van der Waals surface area contributed by atoms with Crippen LogP contribution in [0.3, 0.4) is 0 Å². The topological polar surface area (TPSA) is 96.0 Å². The molecule has 1 unspecified atom stereocenters. The predicted molar refractivity (Wildman–Crippen MR) is 163 cm³/mol. The van der Waals surface area contributed by atoms with Crippen molar-refractivity contribution in [2.24, 2.45) is 0 Å². The number of benzene rings is 3. The number of amides is 2. The second-order valence-electron chi connectivity index (χ2n) is 9.61. The maximum absolute atomic E-state index is 14.0. The lowest BCUT2D eigenvalue weighted by Crippen LogP contribution is -2.51. The van der Waals surface area contributed by atoms with Gasteiger partial charge in [-0.1, -0.05) is 66.4 Å². The Kier molecular flexibility index (Phi) is 11.5. The normalized spacial score (nSPS) is 12.0. The van der Waals surface area contributed by atoms with Gasteiger partial charge in [0, 0.05) is 23.1 Å². The number of anilines is 1. The quantitative estimate of drug-likeness (QED) is 0.243. The summed E-state index contributed by atoms with van der Waals surface area (Å²) in [5.41, 5.74) is 1.70. The third-order valence-electron chi connectivity index (χ3n) is 6.56. The lowest BCUT2D eigenvalue weighted by Gasteiger charge is -2.32. The molecule has 1 atom stereocenters. The van der Waals surface area contributed by atoms with Crippen LogP contribution in [0.5, 0.6) is 5.75 Å². The minimum absolute atomic E-state index is 0.00691. The van der Waals surface area contributed by atoms with E-state index in [9.17, 15) is 18.0 Å². The van der Waals surface area contributed by atoms with Gasteiger partial charge in [0.05, 0.1) is 17.7 Å². The third-order valence-corrected chi connectivity index (χ3v) is 8.82. The molecule has 0 heterocycles. The van der Waals surface area contributed by atoms with Gasteiger partial charge in [-0.25, -0.2) is 8.42 Å². The zero-order valence-corrected chi connectivity index (χ0v) is 25.9. The number of rotatable bonds is 13. The third kappa shape index (κ3) is 8.38. The van der Waals surface area contributed by atoms with E-state index in [1.54, 1.807) is 49.4 Å². The van der Waals surface area contributed by atoms with Crippen molar-refractivity contribution < 1.29 is 22.7 Å². The fraction of sp³-hybridized carbons (Fsp3) is 0.333. The van der Waals surface area contributed by atoms with Gasteiger partial charge in [0.1, 0.15) is 18.3 Å². The van der Waals surface area contributed by atoms with Gasteiger partial charge < -0.3 is 15.0 Å². The fourth-order valence-electron chi connectivity index (χ4n) is 4.11. The Morgan fingerprint density at radius 3 is 2.22 bits per heavy atom. The van der Waals surface area contributed by atoms with E-state index in [0.717, 1.165) is 28.3 Å². The number of methoxy groups -OCH3 is 1. The summed E-state index contributed by atoms with van der Waals surface area (Å²) in [6.07, 6.45) is 1.69. The Balaban J connectivity index is 2.06. The number of halogens is 2. The molecule has 3 aromatic rings. The van der Waals surface area contributed by atoms with E-state index in [1.165, 1.54) is 36.3 Å².